The first kappa shape index (κ1) is 21.9. The summed E-state index contributed by atoms with van der Waals surface area (Å²) >= 11 is 0. The van der Waals surface area contributed by atoms with Crippen LogP contribution in [0.5, 0.6) is 0 Å². The van der Waals surface area contributed by atoms with Crippen molar-refractivity contribution < 1.29 is 4.39 Å². The molecule has 2 aromatic heterocycles. The van der Waals surface area contributed by atoms with E-state index < -0.39 is 0 Å². The Morgan fingerprint density at radius 2 is 1.70 bits per heavy atom. The molecule has 2 heterocycles. The van der Waals surface area contributed by atoms with Crippen molar-refractivity contribution in [2.45, 2.75) is 65.3 Å². The molecule has 7 heteroatoms. The highest BCUT2D eigenvalue weighted by atomic mass is 19.1. The average Bonchev–Trinajstić information content (AvgIpc) is 3.20. The maximum Gasteiger partial charge on any atom is 0.152 e. The normalized spacial score (nSPS) is 13.8. The minimum absolute atomic E-state index is 0.171. The fourth-order valence-electron chi connectivity index (χ4n) is 3.76. The molecule has 1 aliphatic carbocycles. The Balaban J connectivity index is 0.000000367. The summed E-state index contributed by atoms with van der Waals surface area (Å²) in [6, 6.07) is 5.27. The first-order valence-corrected chi connectivity index (χ1v) is 10.6. The van der Waals surface area contributed by atoms with Crippen molar-refractivity contribution >= 4 is 16.9 Å². The number of anilines is 1. The van der Waals surface area contributed by atoms with Gasteiger partial charge in [-0.05, 0) is 55.7 Å². The Morgan fingerprint density at radius 1 is 1.07 bits per heavy atom. The van der Waals surface area contributed by atoms with Gasteiger partial charge < -0.3 is 4.57 Å². The molecular formula is C23H30FN5O. The Labute approximate surface area is 177 Å². The average molecular weight is 412 g/mol. The zero-order valence-electron chi connectivity index (χ0n) is 18.2. The molecule has 3 aromatic rings. The third-order valence-electron chi connectivity index (χ3n) is 5.54. The molecule has 0 amide bonds. The lowest BCUT2D eigenvalue weighted by Gasteiger charge is -2.13. The lowest BCUT2D eigenvalue weighted by molar-refractivity contribution is 0.504. The monoisotopic (exact) mass is 411 g/mol. The number of nitrogens with zero attached hydrogens (tertiary/aromatic N) is 5. The minimum Gasteiger partial charge on any atom is -0.328 e. The molecule has 6 nitrogen and oxygen atoms in total. The predicted molar refractivity (Wildman–Crippen MR) is 120 cm³/mol. The van der Waals surface area contributed by atoms with Gasteiger partial charge in [-0.1, -0.05) is 38.5 Å². The summed E-state index contributed by atoms with van der Waals surface area (Å²) in [6.07, 6.45) is 12.3. The van der Waals surface area contributed by atoms with Crippen LogP contribution in [0.4, 0.5) is 10.2 Å². The molecule has 0 unspecified atom stereocenters. The molecule has 1 saturated carbocycles. The number of hydrogen-bond acceptors (Lipinski definition) is 4. The summed E-state index contributed by atoms with van der Waals surface area (Å²) in [5.41, 5.74) is 3.48. The number of imidazole rings is 1. The third kappa shape index (κ3) is 4.83. The lowest BCUT2D eigenvalue weighted by Crippen LogP contribution is -2.09. The second kappa shape index (κ2) is 9.78. The van der Waals surface area contributed by atoms with E-state index in [1.54, 1.807) is 18.6 Å². The molecule has 0 aliphatic heterocycles. The molecule has 0 atom stereocenters. The molecule has 1 aliphatic rings. The molecule has 1 aromatic carbocycles. The molecule has 0 spiro atoms. The van der Waals surface area contributed by atoms with Crippen molar-refractivity contribution in [1.82, 2.24) is 14.5 Å². The Morgan fingerprint density at radius 3 is 2.27 bits per heavy atom. The van der Waals surface area contributed by atoms with E-state index in [1.165, 1.54) is 51.6 Å². The van der Waals surface area contributed by atoms with Crippen LogP contribution in [0.3, 0.4) is 0 Å². The Kier molecular flexibility index (Phi) is 7.13. The number of pyridine rings is 1. The molecule has 30 heavy (non-hydrogen) atoms. The highest BCUT2D eigenvalue weighted by Crippen LogP contribution is 2.31. The van der Waals surface area contributed by atoms with Crippen LogP contribution in [0.1, 0.15) is 64.0 Å². The van der Waals surface area contributed by atoms with Crippen molar-refractivity contribution in [3.63, 3.8) is 0 Å². The van der Waals surface area contributed by atoms with Gasteiger partial charge in [-0.25, -0.2) is 19.4 Å². The molecular weight excluding hydrogens is 381 g/mol. The van der Waals surface area contributed by atoms with E-state index in [0.29, 0.717) is 16.9 Å². The number of nitroso groups, excluding NO2 is 1. The van der Waals surface area contributed by atoms with Crippen LogP contribution in [-0.2, 0) is 0 Å². The van der Waals surface area contributed by atoms with Crippen molar-refractivity contribution in [1.29, 1.82) is 0 Å². The van der Waals surface area contributed by atoms with Gasteiger partial charge in [0.2, 0.25) is 0 Å². The summed E-state index contributed by atoms with van der Waals surface area (Å²) < 4.78 is 16.4. The largest absolute Gasteiger partial charge is 0.328 e. The number of rotatable bonds is 4. The summed E-state index contributed by atoms with van der Waals surface area (Å²) in [5, 5.41) is 3.99. The third-order valence-corrected chi connectivity index (χ3v) is 5.54. The Hall–Kier alpha value is -2.83. The van der Waals surface area contributed by atoms with Crippen LogP contribution in [0.2, 0.25) is 0 Å². The van der Waals surface area contributed by atoms with E-state index >= 15 is 0 Å². The van der Waals surface area contributed by atoms with Crippen molar-refractivity contribution in [3.8, 4) is 11.1 Å². The van der Waals surface area contributed by atoms with Gasteiger partial charge in [-0.3, -0.25) is 0 Å². The van der Waals surface area contributed by atoms with E-state index in [9.17, 15) is 9.30 Å². The number of halogens is 1. The molecule has 0 saturated heterocycles. The predicted octanol–water partition coefficient (Wildman–Crippen LogP) is 6.58. The van der Waals surface area contributed by atoms with Gasteiger partial charge in [0.25, 0.3) is 0 Å². The second-order valence-electron chi connectivity index (χ2n) is 8.16. The van der Waals surface area contributed by atoms with Gasteiger partial charge in [-0.2, -0.15) is 0 Å². The van der Waals surface area contributed by atoms with Crippen molar-refractivity contribution in [2.24, 2.45) is 5.29 Å². The van der Waals surface area contributed by atoms with Gasteiger partial charge in [-0.15, -0.1) is 4.91 Å². The van der Waals surface area contributed by atoms with Gasteiger partial charge in [0.15, 0.2) is 11.6 Å². The van der Waals surface area contributed by atoms with E-state index in [2.05, 4.69) is 15.3 Å². The minimum atomic E-state index is -0.374. The number of benzene rings is 1. The first-order chi connectivity index (χ1) is 14.4. The van der Waals surface area contributed by atoms with Crippen LogP contribution in [0.15, 0.2) is 36.0 Å². The fraction of sp³-hybridized carbons (Fsp3) is 0.478. The van der Waals surface area contributed by atoms with Crippen molar-refractivity contribution in [3.05, 3.63) is 47.0 Å². The molecule has 0 radical (unpaired) electrons. The number of fused-ring (bicyclic) bond motifs is 1. The van der Waals surface area contributed by atoms with Gasteiger partial charge in [0.1, 0.15) is 5.52 Å². The zero-order chi connectivity index (χ0) is 21.7. The number of aryl methyl sites for hydroxylation is 1. The zero-order valence-corrected chi connectivity index (χ0v) is 18.2. The van der Waals surface area contributed by atoms with Crippen molar-refractivity contribution in [2.75, 3.05) is 12.1 Å². The smallest absolute Gasteiger partial charge is 0.152 e. The van der Waals surface area contributed by atoms with E-state index in [1.807, 2.05) is 31.4 Å². The molecule has 1 fully saturated rings. The lowest BCUT2D eigenvalue weighted by atomic mass is 10.0. The molecule has 4 rings (SSSR count). The van der Waals surface area contributed by atoms with E-state index in [-0.39, 0.29) is 11.9 Å². The highest BCUT2D eigenvalue weighted by molar-refractivity contribution is 5.84. The summed E-state index contributed by atoms with van der Waals surface area (Å²) in [4.78, 5) is 19.1. The number of hydrogen-bond donors (Lipinski definition) is 0. The molecule has 0 N–H and O–H groups in total. The molecule has 160 valence electrons. The SMILES string of the molecule is C1CCCCC1.Cc1cnc(N(C)N=O)cc1-c1cc(F)c2ncn(C(C)C)c2c1. The molecule has 0 bridgehead atoms. The summed E-state index contributed by atoms with van der Waals surface area (Å²) in [5.74, 6) is 0.0324. The summed E-state index contributed by atoms with van der Waals surface area (Å²) in [7, 11) is 1.52. The van der Waals surface area contributed by atoms with E-state index in [0.717, 1.165) is 21.7 Å². The maximum absolute atomic E-state index is 14.5. The van der Waals surface area contributed by atoms with Gasteiger partial charge in [0, 0.05) is 19.3 Å². The van der Waals surface area contributed by atoms with Crippen LogP contribution in [0, 0.1) is 17.6 Å². The van der Waals surface area contributed by atoms with Crippen LogP contribution in [0.25, 0.3) is 22.2 Å². The summed E-state index contributed by atoms with van der Waals surface area (Å²) in [6.45, 7) is 5.93. The number of aromatic nitrogens is 3. The second-order valence-corrected chi connectivity index (χ2v) is 8.16. The Bertz CT molecular complexity index is 999. The first-order valence-electron chi connectivity index (χ1n) is 10.6. The van der Waals surface area contributed by atoms with Crippen LogP contribution in [-0.4, -0.2) is 21.6 Å². The standard InChI is InChI=1S/C17H18FN5O.C6H12/c1-10(2)23-9-20-17-14(18)5-12(6-15(17)23)13-7-16(22(4)21-24)19-8-11(13)3;1-2-4-6-5-3-1/h5-10H,1-4H3;1-6H2. The highest BCUT2D eigenvalue weighted by Gasteiger charge is 2.15. The quantitative estimate of drug-likeness (QED) is 0.359. The van der Waals surface area contributed by atoms with Gasteiger partial charge >= 0.3 is 0 Å². The van der Waals surface area contributed by atoms with Crippen LogP contribution < -0.4 is 5.01 Å². The van der Waals surface area contributed by atoms with Gasteiger partial charge in [0.05, 0.1) is 17.1 Å². The topological polar surface area (TPSA) is 63.4 Å². The maximum atomic E-state index is 14.5. The fourth-order valence-corrected chi connectivity index (χ4v) is 3.76. The van der Waals surface area contributed by atoms with Crippen LogP contribution >= 0.6 is 0 Å². The van der Waals surface area contributed by atoms with E-state index in [4.69, 9.17) is 0 Å².